The first-order valence-electron chi connectivity index (χ1n) is 9.77. The smallest absolute Gasteiger partial charge is 0.115 e. The number of rotatable bonds is 2. The lowest BCUT2D eigenvalue weighted by atomic mass is 10.1. The Morgan fingerprint density at radius 1 is 1.11 bits per heavy atom. The maximum atomic E-state index is 13.3. The monoisotopic (exact) mass is 361 g/mol. The predicted molar refractivity (Wildman–Crippen MR) is 108 cm³/mol. The van der Waals surface area contributed by atoms with E-state index in [0.717, 1.165) is 44.3 Å². The van der Waals surface area contributed by atoms with Gasteiger partial charge in [-0.2, -0.15) is 0 Å². The Kier molecular flexibility index (Phi) is 4.09. The van der Waals surface area contributed by atoms with E-state index in [0.29, 0.717) is 0 Å². The number of allylic oxidation sites excluding steroid dienone is 1. The van der Waals surface area contributed by atoms with Gasteiger partial charge in [0.15, 0.2) is 0 Å². The van der Waals surface area contributed by atoms with Gasteiger partial charge in [0.2, 0.25) is 0 Å². The molecule has 0 radical (unpaired) electrons. The second kappa shape index (κ2) is 6.61. The molecule has 0 amide bonds. The maximum absolute atomic E-state index is 13.3. The molecule has 4 heteroatoms. The third-order valence-corrected chi connectivity index (χ3v) is 6.11. The minimum Gasteiger partial charge on any atom is -0.320 e. The lowest BCUT2D eigenvalue weighted by Gasteiger charge is -2.13. The Morgan fingerprint density at radius 2 is 2.00 bits per heavy atom. The summed E-state index contributed by atoms with van der Waals surface area (Å²) in [6.07, 6.45) is 10.4. The summed E-state index contributed by atoms with van der Waals surface area (Å²) in [5.41, 5.74) is 8.80. The molecule has 1 aromatic carbocycles. The molecule has 0 spiro atoms. The fourth-order valence-electron chi connectivity index (χ4n) is 4.61. The second-order valence-corrected chi connectivity index (χ2v) is 7.77. The molecule has 0 unspecified atom stereocenters. The van der Waals surface area contributed by atoms with Gasteiger partial charge in [0.1, 0.15) is 6.67 Å². The van der Waals surface area contributed by atoms with Crippen LogP contribution in [0.4, 0.5) is 4.39 Å². The van der Waals surface area contributed by atoms with Crippen LogP contribution in [-0.2, 0) is 25.9 Å². The predicted octanol–water partition coefficient (Wildman–Crippen LogP) is 4.48. The summed E-state index contributed by atoms with van der Waals surface area (Å²) in [6.45, 7) is 1.71. The highest BCUT2D eigenvalue weighted by Gasteiger charge is 2.22. The summed E-state index contributed by atoms with van der Waals surface area (Å²) in [4.78, 5) is 6.66. The van der Waals surface area contributed by atoms with E-state index in [1.165, 1.54) is 38.9 Å². The van der Waals surface area contributed by atoms with Crippen LogP contribution in [-0.4, -0.2) is 34.6 Å². The van der Waals surface area contributed by atoms with Crippen molar-refractivity contribution in [3.05, 3.63) is 64.6 Å². The van der Waals surface area contributed by atoms with E-state index in [1.54, 1.807) is 0 Å². The average Bonchev–Trinajstić information content (AvgIpc) is 3.17. The third-order valence-electron chi connectivity index (χ3n) is 6.11. The number of aryl methyl sites for hydroxylation is 1. The van der Waals surface area contributed by atoms with Crippen molar-refractivity contribution in [2.24, 2.45) is 0 Å². The van der Waals surface area contributed by atoms with Crippen molar-refractivity contribution in [2.75, 3.05) is 20.1 Å². The van der Waals surface area contributed by atoms with Crippen LogP contribution >= 0.6 is 0 Å². The fourth-order valence-corrected chi connectivity index (χ4v) is 4.61. The first-order chi connectivity index (χ1) is 13.2. The van der Waals surface area contributed by atoms with Crippen molar-refractivity contribution in [3.8, 4) is 0 Å². The van der Waals surface area contributed by atoms with Gasteiger partial charge >= 0.3 is 0 Å². The number of hydrogen-bond acceptors (Lipinski definition) is 2. The van der Waals surface area contributed by atoms with Crippen LogP contribution in [0, 0.1) is 0 Å². The van der Waals surface area contributed by atoms with Gasteiger partial charge in [0.05, 0.1) is 5.52 Å². The fraction of sp³-hybridized carbons (Fsp3) is 0.348. The summed E-state index contributed by atoms with van der Waals surface area (Å²) in [7, 11) is 2.18. The molecule has 0 saturated heterocycles. The summed E-state index contributed by atoms with van der Waals surface area (Å²) in [5, 5.41) is 1.22. The molecule has 3 heterocycles. The molecule has 3 nitrogen and oxygen atoms in total. The number of alkyl halides is 1. The van der Waals surface area contributed by atoms with Crippen molar-refractivity contribution in [3.63, 3.8) is 0 Å². The van der Waals surface area contributed by atoms with E-state index in [9.17, 15) is 4.39 Å². The second-order valence-electron chi connectivity index (χ2n) is 7.77. The number of halogens is 1. The average molecular weight is 361 g/mol. The first-order valence-corrected chi connectivity index (χ1v) is 9.77. The Bertz CT molecular complexity index is 1050. The molecule has 27 heavy (non-hydrogen) atoms. The van der Waals surface area contributed by atoms with Gasteiger partial charge in [-0.3, -0.25) is 4.98 Å². The number of likely N-dealkylation sites (N-methyl/N-ethyl adjacent to an activating group) is 1. The summed E-state index contributed by atoms with van der Waals surface area (Å²) >= 11 is 0. The van der Waals surface area contributed by atoms with Crippen molar-refractivity contribution in [2.45, 2.75) is 32.4 Å². The number of nitrogens with zero attached hydrogens (tertiary/aromatic N) is 3. The lowest BCUT2D eigenvalue weighted by Crippen LogP contribution is -2.21. The quantitative estimate of drug-likeness (QED) is 0.671. The van der Waals surface area contributed by atoms with Gasteiger partial charge in [0.25, 0.3) is 0 Å². The number of hydrogen-bond donors (Lipinski definition) is 0. The van der Waals surface area contributed by atoms with Gasteiger partial charge in [0, 0.05) is 49.2 Å². The lowest BCUT2D eigenvalue weighted by molar-refractivity contribution is 0.351. The SMILES string of the molecule is CN1CCc2c(n(C=C3CCc4cnccc43)c3ccc(CF)cc23)CC1. The molecular weight excluding hydrogens is 337 g/mol. The molecule has 0 N–H and O–H groups in total. The van der Waals surface area contributed by atoms with Gasteiger partial charge in [-0.05, 0) is 72.3 Å². The maximum Gasteiger partial charge on any atom is 0.115 e. The number of fused-ring (bicyclic) bond motifs is 4. The molecule has 0 bridgehead atoms. The molecule has 2 aliphatic rings. The molecule has 0 atom stereocenters. The normalized spacial score (nSPS) is 18.7. The van der Waals surface area contributed by atoms with Crippen LogP contribution in [0.15, 0.2) is 36.7 Å². The minimum atomic E-state index is -0.405. The third kappa shape index (κ3) is 2.79. The highest BCUT2D eigenvalue weighted by Crippen LogP contribution is 2.35. The van der Waals surface area contributed by atoms with Gasteiger partial charge in [-0.1, -0.05) is 6.07 Å². The topological polar surface area (TPSA) is 21.1 Å². The highest BCUT2D eigenvalue weighted by molar-refractivity contribution is 5.91. The zero-order chi connectivity index (χ0) is 18.4. The molecule has 0 fully saturated rings. The zero-order valence-corrected chi connectivity index (χ0v) is 15.7. The molecular formula is C23H24FN3. The number of pyridine rings is 1. The van der Waals surface area contributed by atoms with Crippen molar-refractivity contribution in [1.82, 2.24) is 14.5 Å². The zero-order valence-electron chi connectivity index (χ0n) is 15.7. The Labute approximate surface area is 159 Å². The van der Waals surface area contributed by atoms with Crippen LogP contribution in [0.25, 0.3) is 22.7 Å². The molecule has 1 aliphatic carbocycles. The van der Waals surface area contributed by atoms with Crippen LogP contribution in [0.2, 0.25) is 0 Å². The largest absolute Gasteiger partial charge is 0.320 e. The molecule has 0 saturated carbocycles. The molecule has 2 aromatic heterocycles. The summed E-state index contributed by atoms with van der Waals surface area (Å²) in [6, 6.07) is 8.21. The van der Waals surface area contributed by atoms with E-state index in [-0.39, 0.29) is 0 Å². The molecule has 1 aliphatic heterocycles. The number of benzene rings is 1. The number of aromatic nitrogens is 2. The Balaban J connectivity index is 1.71. The van der Waals surface area contributed by atoms with Crippen molar-refractivity contribution >= 4 is 22.7 Å². The van der Waals surface area contributed by atoms with Crippen LogP contribution in [0.1, 0.15) is 34.4 Å². The molecule has 5 rings (SSSR count). The van der Waals surface area contributed by atoms with Crippen LogP contribution < -0.4 is 0 Å². The van der Waals surface area contributed by atoms with E-state index < -0.39 is 6.67 Å². The highest BCUT2D eigenvalue weighted by atomic mass is 19.1. The van der Waals surface area contributed by atoms with Crippen LogP contribution in [0.3, 0.4) is 0 Å². The Hall–Kier alpha value is -2.46. The first kappa shape index (κ1) is 16.7. The van der Waals surface area contributed by atoms with Gasteiger partial charge < -0.3 is 9.47 Å². The molecule has 138 valence electrons. The summed E-state index contributed by atoms with van der Waals surface area (Å²) in [5.74, 6) is 0. The van der Waals surface area contributed by atoms with E-state index in [4.69, 9.17) is 0 Å². The van der Waals surface area contributed by atoms with Gasteiger partial charge in [-0.25, -0.2) is 4.39 Å². The van der Waals surface area contributed by atoms with E-state index in [1.807, 2.05) is 18.5 Å². The van der Waals surface area contributed by atoms with E-state index in [2.05, 4.69) is 45.9 Å². The van der Waals surface area contributed by atoms with E-state index >= 15 is 0 Å². The van der Waals surface area contributed by atoms with Gasteiger partial charge in [-0.15, -0.1) is 0 Å². The van der Waals surface area contributed by atoms with Crippen molar-refractivity contribution < 1.29 is 4.39 Å². The van der Waals surface area contributed by atoms with Crippen molar-refractivity contribution in [1.29, 1.82) is 0 Å². The summed E-state index contributed by atoms with van der Waals surface area (Å²) < 4.78 is 15.7. The van der Waals surface area contributed by atoms with Crippen LogP contribution in [0.5, 0.6) is 0 Å². The Morgan fingerprint density at radius 3 is 2.89 bits per heavy atom. The molecule has 3 aromatic rings. The minimum absolute atomic E-state index is 0.405. The standard InChI is InChI=1S/C23H24FN3/c1-26-10-7-20-21-12-16(13-24)2-5-22(21)27(23(20)8-11-26)15-18-4-3-17-14-25-9-6-19(17)18/h2,5-6,9,12,14-15H,3-4,7-8,10-11,13H2,1H3.